The molecule has 8 heteroatoms. The summed E-state index contributed by atoms with van der Waals surface area (Å²) in [4.78, 5) is 0. The molecular formula is C13H16BrClN4OS. The Balaban J connectivity index is 1.85. The smallest absolute Gasteiger partial charge is 0.191 e. The lowest BCUT2D eigenvalue weighted by atomic mass is 10.3. The Morgan fingerprint density at radius 1 is 1.43 bits per heavy atom. The Labute approximate surface area is 141 Å². The molecule has 0 amide bonds. The molecule has 2 rings (SSSR count). The van der Waals surface area contributed by atoms with Gasteiger partial charge in [0.05, 0.1) is 11.1 Å². The van der Waals surface area contributed by atoms with E-state index in [-0.39, 0.29) is 0 Å². The van der Waals surface area contributed by atoms with Crippen molar-refractivity contribution in [3.05, 3.63) is 33.5 Å². The van der Waals surface area contributed by atoms with E-state index in [1.807, 2.05) is 23.6 Å². The molecule has 2 N–H and O–H groups in total. The Morgan fingerprint density at radius 3 is 2.95 bits per heavy atom. The van der Waals surface area contributed by atoms with Crippen LogP contribution in [0.3, 0.4) is 0 Å². The van der Waals surface area contributed by atoms with E-state index in [4.69, 9.17) is 22.1 Å². The van der Waals surface area contributed by atoms with Crippen LogP contribution >= 0.6 is 39.3 Å². The standard InChI is InChI=1S/C13H16BrClN4OS/c1-9-17-18-13(19(9)5-4-16)21-7-6-20-12-3-2-10(15)8-11(12)14/h2-3,8H,4-7,16H2,1H3. The number of aromatic nitrogens is 3. The molecule has 0 aliphatic carbocycles. The average molecular weight is 392 g/mol. The Bertz CT molecular complexity index is 608. The van der Waals surface area contributed by atoms with Crippen LogP contribution in [0.2, 0.25) is 5.02 Å². The number of aryl methyl sites for hydroxylation is 1. The topological polar surface area (TPSA) is 66.0 Å². The van der Waals surface area contributed by atoms with E-state index in [9.17, 15) is 0 Å². The lowest BCUT2D eigenvalue weighted by molar-refractivity contribution is 0.341. The fourth-order valence-corrected chi connectivity index (χ4v) is 3.36. The van der Waals surface area contributed by atoms with E-state index in [2.05, 4.69) is 26.1 Å². The number of thioether (sulfide) groups is 1. The molecule has 114 valence electrons. The predicted molar refractivity (Wildman–Crippen MR) is 89.2 cm³/mol. The average Bonchev–Trinajstić information content (AvgIpc) is 2.79. The van der Waals surface area contributed by atoms with Crippen molar-refractivity contribution in [1.29, 1.82) is 0 Å². The summed E-state index contributed by atoms with van der Waals surface area (Å²) in [7, 11) is 0. The number of rotatable bonds is 7. The van der Waals surface area contributed by atoms with Gasteiger partial charge in [-0.25, -0.2) is 0 Å². The molecule has 5 nitrogen and oxygen atoms in total. The Morgan fingerprint density at radius 2 is 2.24 bits per heavy atom. The highest BCUT2D eigenvalue weighted by atomic mass is 79.9. The zero-order valence-electron chi connectivity index (χ0n) is 11.6. The third kappa shape index (κ3) is 4.60. The van der Waals surface area contributed by atoms with E-state index < -0.39 is 0 Å². The molecule has 2 aromatic rings. The molecule has 0 aliphatic heterocycles. The summed E-state index contributed by atoms with van der Waals surface area (Å²) in [6, 6.07) is 5.46. The number of nitrogens with zero attached hydrogens (tertiary/aromatic N) is 3. The van der Waals surface area contributed by atoms with Crippen molar-refractivity contribution in [3.8, 4) is 5.75 Å². The van der Waals surface area contributed by atoms with Crippen LogP contribution in [-0.2, 0) is 6.54 Å². The molecule has 0 saturated heterocycles. The minimum Gasteiger partial charge on any atom is -0.492 e. The predicted octanol–water partition coefficient (Wildman–Crippen LogP) is 3.13. The molecule has 21 heavy (non-hydrogen) atoms. The van der Waals surface area contributed by atoms with Crippen LogP contribution in [0.4, 0.5) is 0 Å². The zero-order chi connectivity index (χ0) is 15.2. The van der Waals surface area contributed by atoms with E-state index >= 15 is 0 Å². The molecule has 0 bridgehead atoms. The number of hydrogen-bond acceptors (Lipinski definition) is 5. The van der Waals surface area contributed by atoms with Crippen LogP contribution in [0.15, 0.2) is 27.8 Å². The first-order chi connectivity index (χ1) is 10.1. The van der Waals surface area contributed by atoms with Crippen LogP contribution in [0.5, 0.6) is 5.75 Å². The van der Waals surface area contributed by atoms with Gasteiger partial charge in [-0.15, -0.1) is 10.2 Å². The maximum absolute atomic E-state index is 5.89. The number of halogens is 2. The summed E-state index contributed by atoms with van der Waals surface area (Å²) in [5.74, 6) is 2.43. The van der Waals surface area contributed by atoms with E-state index in [0.717, 1.165) is 33.5 Å². The summed E-state index contributed by atoms with van der Waals surface area (Å²) in [6.45, 7) is 3.79. The lowest BCUT2D eigenvalue weighted by Gasteiger charge is -2.09. The fraction of sp³-hybridized carbons (Fsp3) is 0.385. The number of ether oxygens (including phenoxy) is 1. The van der Waals surface area contributed by atoms with Gasteiger partial charge in [0.25, 0.3) is 0 Å². The third-order valence-corrected chi connectivity index (χ3v) is 4.51. The lowest BCUT2D eigenvalue weighted by Crippen LogP contribution is -2.12. The second-order valence-electron chi connectivity index (χ2n) is 4.24. The molecular weight excluding hydrogens is 376 g/mol. The molecule has 1 heterocycles. The van der Waals surface area contributed by atoms with Gasteiger partial charge in [0, 0.05) is 23.9 Å². The minimum atomic E-state index is 0.569. The third-order valence-electron chi connectivity index (χ3n) is 2.72. The van der Waals surface area contributed by atoms with Crippen molar-refractivity contribution in [3.63, 3.8) is 0 Å². The number of benzene rings is 1. The van der Waals surface area contributed by atoms with Gasteiger partial charge >= 0.3 is 0 Å². The summed E-state index contributed by atoms with van der Waals surface area (Å²) in [5.41, 5.74) is 5.59. The van der Waals surface area contributed by atoms with Gasteiger partial charge in [0.15, 0.2) is 5.16 Å². The SMILES string of the molecule is Cc1nnc(SCCOc2ccc(Cl)cc2Br)n1CCN. The highest BCUT2D eigenvalue weighted by molar-refractivity contribution is 9.10. The van der Waals surface area contributed by atoms with Crippen molar-refractivity contribution in [1.82, 2.24) is 14.8 Å². The van der Waals surface area contributed by atoms with Gasteiger partial charge in [-0.2, -0.15) is 0 Å². The number of nitrogens with two attached hydrogens (primary N) is 1. The van der Waals surface area contributed by atoms with E-state index in [1.165, 1.54) is 0 Å². The van der Waals surface area contributed by atoms with Gasteiger partial charge in [-0.3, -0.25) is 0 Å². The summed E-state index contributed by atoms with van der Waals surface area (Å²) in [5, 5.41) is 9.76. The highest BCUT2D eigenvalue weighted by Crippen LogP contribution is 2.28. The fourth-order valence-electron chi connectivity index (χ4n) is 1.73. The second-order valence-corrected chi connectivity index (χ2v) is 6.59. The Kier molecular flexibility index (Phi) is 6.35. The van der Waals surface area contributed by atoms with Crippen LogP contribution < -0.4 is 10.5 Å². The molecule has 0 aliphatic rings. The molecule has 0 fully saturated rings. The maximum atomic E-state index is 5.89. The van der Waals surface area contributed by atoms with Crippen LogP contribution in [0.1, 0.15) is 5.82 Å². The van der Waals surface area contributed by atoms with E-state index in [0.29, 0.717) is 18.2 Å². The van der Waals surface area contributed by atoms with Gasteiger partial charge in [-0.1, -0.05) is 23.4 Å². The quantitative estimate of drug-likeness (QED) is 0.580. The largest absolute Gasteiger partial charge is 0.492 e. The van der Waals surface area contributed by atoms with Gasteiger partial charge in [0.2, 0.25) is 0 Å². The van der Waals surface area contributed by atoms with Gasteiger partial charge < -0.3 is 15.0 Å². The van der Waals surface area contributed by atoms with Crippen molar-refractivity contribution in [2.45, 2.75) is 18.6 Å². The number of hydrogen-bond donors (Lipinski definition) is 1. The molecule has 1 aromatic carbocycles. The normalized spacial score (nSPS) is 10.9. The monoisotopic (exact) mass is 390 g/mol. The second kappa shape index (κ2) is 8.03. The van der Waals surface area contributed by atoms with Crippen molar-refractivity contribution in [2.75, 3.05) is 18.9 Å². The van der Waals surface area contributed by atoms with Crippen LogP contribution in [0, 0.1) is 6.92 Å². The van der Waals surface area contributed by atoms with Gasteiger partial charge in [-0.05, 0) is 41.1 Å². The molecule has 0 saturated carbocycles. The first-order valence-electron chi connectivity index (χ1n) is 6.42. The molecule has 1 aromatic heterocycles. The van der Waals surface area contributed by atoms with Crippen LogP contribution in [-0.4, -0.2) is 33.7 Å². The first kappa shape index (κ1) is 16.6. The molecule has 0 unspecified atom stereocenters. The van der Waals surface area contributed by atoms with Crippen LogP contribution in [0.25, 0.3) is 0 Å². The highest BCUT2D eigenvalue weighted by Gasteiger charge is 2.09. The van der Waals surface area contributed by atoms with Gasteiger partial charge in [0.1, 0.15) is 11.6 Å². The molecule has 0 radical (unpaired) electrons. The maximum Gasteiger partial charge on any atom is 0.191 e. The summed E-state index contributed by atoms with van der Waals surface area (Å²) >= 11 is 10.9. The first-order valence-corrected chi connectivity index (χ1v) is 8.58. The van der Waals surface area contributed by atoms with Crippen molar-refractivity contribution < 1.29 is 4.74 Å². The summed E-state index contributed by atoms with van der Waals surface area (Å²) in [6.07, 6.45) is 0. The minimum absolute atomic E-state index is 0.569. The molecule has 0 spiro atoms. The summed E-state index contributed by atoms with van der Waals surface area (Å²) < 4.78 is 8.58. The van der Waals surface area contributed by atoms with Crippen molar-refractivity contribution in [2.24, 2.45) is 5.73 Å². The molecule has 0 atom stereocenters. The van der Waals surface area contributed by atoms with Crippen molar-refractivity contribution >= 4 is 39.3 Å². The zero-order valence-corrected chi connectivity index (χ0v) is 14.7. The Hall–Kier alpha value is -0.760. The van der Waals surface area contributed by atoms with E-state index in [1.54, 1.807) is 17.8 Å².